The normalized spacial score (nSPS) is 10.4. The monoisotopic (exact) mass is 244 g/mol. The maximum Gasteiger partial charge on any atom is 0.320 e. The first kappa shape index (κ1) is 15.9. The molecule has 1 N–H and O–H groups in total. The Morgan fingerprint density at radius 3 is 2.35 bits per heavy atom. The molecule has 0 unspecified atom stereocenters. The van der Waals surface area contributed by atoms with E-state index in [0.717, 1.165) is 19.4 Å². The van der Waals surface area contributed by atoms with E-state index in [1.165, 1.54) is 0 Å². The summed E-state index contributed by atoms with van der Waals surface area (Å²) in [5.41, 5.74) is 0. The maximum atomic E-state index is 11.5. The van der Waals surface area contributed by atoms with E-state index < -0.39 is 0 Å². The van der Waals surface area contributed by atoms with E-state index in [4.69, 9.17) is 4.74 Å². The summed E-state index contributed by atoms with van der Waals surface area (Å²) in [6.07, 6.45) is 1.82. The van der Waals surface area contributed by atoms with Gasteiger partial charge in [0, 0.05) is 6.54 Å². The minimum atomic E-state index is -0.274. The van der Waals surface area contributed by atoms with Gasteiger partial charge in [0.15, 0.2) is 0 Å². The number of ether oxygens (including phenoxy) is 1. The Labute approximate surface area is 103 Å². The van der Waals surface area contributed by atoms with Gasteiger partial charge in [0.2, 0.25) is 5.91 Å². The van der Waals surface area contributed by atoms with E-state index in [-0.39, 0.29) is 25.0 Å². The lowest BCUT2D eigenvalue weighted by molar-refractivity contribution is -0.144. The summed E-state index contributed by atoms with van der Waals surface area (Å²) in [5.74, 6) is -0.311. The van der Waals surface area contributed by atoms with Gasteiger partial charge >= 0.3 is 5.97 Å². The van der Waals surface area contributed by atoms with E-state index >= 15 is 0 Å². The Morgan fingerprint density at radius 1 is 1.12 bits per heavy atom. The molecule has 0 aliphatic heterocycles. The van der Waals surface area contributed by atoms with Gasteiger partial charge in [0.1, 0.15) is 0 Å². The number of carbonyl (C=O) groups is 2. The molecule has 17 heavy (non-hydrogen) atoms. The van der Waals surface area contributed by atoms with Crippen molar-refractivity contribution in [2.45, 2.75) is 33.6 Å². The standard InChI is InChI=1S/C12H24N2O3/c1-4-7-13-11(15)9-14(8-5-2)10-12(16)17-6-3/h4-10H2,1-3H3,(H,13,15). The SMILES string of the molecule is CCCNC(=O)CN(CCC)CC(=O)OCC. The molecular weight excluding hydrogens is 220 g/mol. The molecule has 0 aromatic heterocycles. The lowest BCUT2D eigenvalue weighted by Crippen LogP contribution is -2.40. The fourth-order valence-electron chi connectivity index (χ4n) is 1.44. The number of hydrogen-bond donors (Lipinski definition) is 1. The Hall–Kier alpha value is -1.10. The number of hydrogen-bond acceptors (Lipinski definition) is 4. The minimum absolute atomic E-state index is 0.0374. The largest absolute Gasteiger partial charge is 0.465 e. The second kappa shape index (κ2) is 10.1. The number of amides is 1. The zero-order chi connectivity index (χ0) is 13.1. The zero-order valence-electron chi connectivity index (χ0n) is 11.1. The van der Waals surface area contributed by atoms with Crippen LogP contribution in [0.4, 0.5) is 0 Å². The zero-order valence-corrected chi connectivity index (χ0v) is 11.1. The van der Waals surface area contributed by atoms with Crippen LogP contribution in [0.25, 0.3) is 0 Å². The van der Waals surface area contributed by atoms with Crippen LogP contribution in [0.2, 0.25) is 0 Å². The molecule has 0 spiro atoms. The lowest BCUT2D eigenvalue weighted by atomic mass is 10.3. The summed E-state index contributed by atoms with van der Waals surface area (Å²) in [4.78, 5) is 24.7. The van der Waals surface area contributed by atoms with Crippen molar-refractivity contribution in [3.8, 4) is 0 Å². The van der Waals surface area contributed by atoms with Crippen molar-refractivity contribution >= 4 is 11.9 Å². The van der Waals surface area contributed by atoms with Crippen LogP contribution in [0.15, 0.2) is 0 Å². The molecule has 0 radical (unpaired) electrons. The van der Waals surface area contributed by atoms with Crippen LogP contribution in [-0.2, 0) is 14.3 Å². The number of esters is 1. The molecule has 5 nitrogen and oxygen atoms in total. The molecule has 0 aliphatic rings. The van der Waals surface area contributed by atoms with Crippen LogP contribution in [0, 0.1) is 0 Å². The second-order valence-corrected chi connectivity index (χ2v) is 3.87. The van der Waals surface area contributed by atoms with Crippen molar-refractivity contribution in [3.05, 3.63) is 0 Å². The Balaban J connectivity index is 4.04. The molecule has 0 rings (SSSR count). The Bertz CT molecular complexity index is 232. The quantitative estimate of drug-likeness (QED) is 0.609. The molecule has 100 valence electrons. The van der Waals surface area contributed by atoms with Crippen molar-refractivity contribution in [1.82, 2.24) is 10.2 Å². The van der Waals surface area contributed by atoms with Gasteiger partial charge in [-0.25, -0.2) is 0 Å². The Morgan fingerprint density at radius 2 is 1.82 bits per heavy atom. The predicted molar refractivity (Wildman–Crippen MR) is 66.7 cm³/mol. The van der Waals surface area contributed by atoms with E-state index in [0.29, 0.717) is 13.2 Å². The van der Waals surface area contributed by atoms with Crippen molar-refractivity contribution < 1.29 is 14.3 Å². The third kappa shape index (κ3) is 8.68. The van der Waals surface area contributed by atoms with Crippen molar-refractivity contribution in [1.29, 1.82) is 0 Å². The summed E-state index contributed by atoms with van der Waals surface area (Å²) in [5, 5.41) is 2.79. The molecule has 5 heteroatoms. The van der Waals surface area contributed by atoms with Gasteiger partial charge in [-0.2, -0.15) is 0 Å². The van der Waals surface area contributed by atoms with Gasteiger partial charge < -0.3 is 10.1 Å². The highest BCUT2D eigenvalue weighted by atomic mass is 16.5. The van der Waals surface area contributed by atoms with Crippen molar-refractivity contribution in [3.63, 3.8) is 0 Å². The number of carbonyl (C=O) groups excluding carboxylic acids is 2. The Kier molecular flexibility index (Phi) is 9.43. The molecule has 0 bridgehead atoms. The summed E-state index contributed by atoms with van der Waals surface area (Å²) < 4.78 is 4.87. The van der Waals surface area contributed by atoms with Gasteiger partial charge in [-0.3, -0.25) is 14.5 Å². The van der Waals surface area contributed by atoms with E-state index in [9.17, 15) is 9.59 Å². The third-order valence-corrected chi connectivity index (χ3v) is 2.14. The fourth-order valence-corrected chi connectivity index (χ4v) is 1.44. The van der Waals surface area contributed by atoms with Crippen molar-refractivity contribution in [2.24, 2.45) is 0 Å². The molecule has 0 aromatic carbocycles. The molecule has 0 atom stereocenters. The van der Waals surface area contributed by atoms with E-state index in [2.05, 4.69) is 5.32 Å². The van der Waals surface area contributed by atoms with Gasteiger partial charge in [-0.15, -0.1) is 0 Å². The summed E-state index contributed by atoms with van der Waals surface area (Å²) in [6, 6.07) is 0. The highest BCUT2D eigenvalue weighted by Gasteiger charge is 2.13. The first-order valence-corrected chi connectivity index (χ1v) is 6.28. The minimum Gasteiger partial charge on any atom is -0.465 e. The average Bonchev–Trinajstić information content (AvgIpc) is 2.27. The molecule has 1 amide bonds. The van der Waals surface area contributed by atoms with Gasteiger partial charge in [0.05, 0.1) is 19.7 Å². The van der Waals surface area contributed by atoms with Crippen LogP contribution >= 0.6 is 0 Å². The van der Waals surface area contributed by atoms with Crippen LogP contribution in [-0.4, -0.2) is 49.6 Å². The third-order valence-electron chi connectivity index (χ3n) is 2.14. The van der Waals surface area contributed by atoms with Gasteiger partial charge in [0.25, 0.3) is 0 Å². The van der Waals surface area contributed by atoms with Crippen LogP contribution in [0.5, 0.6) is 0 Å². The highest BCUT2D eigenvalue weighted by Crippen LogP contribution is 1.93. The topological polar surface area (TPSA) is 58.6 Å². The summed E-state index contributed by atoms with van der Waals surface area (Å²) >= 11 is 0. The fraction of sp³-hybridized carbons (Fsp3) is 0.833. The lowest BCUT2D eigenvalue weighted by Gasteiger charge is -2.19. The molecule has 0 aromatic rings. The molecule has 0 fully saturated rings. The predicted octanol–water partition coefficient (Wildman–Crippen LogP) is 0.788. The summed E-state index contributed by atoms with van der Waals surface area (Å²) in [7, 11) is 0. The van der Waals surface area contributed by atoms with Crippen molar-refractivity contribution in [2.75, 3.05) is 32.8 Å². The van der Waals surface area contributed by atoms with Crippen LogP contribution in [0.1, 0.15) is 33.6 Å². The first-order valence-electron chi connectivity index (χ1n) is 6.28. The highest BCUT2D eigenvalue weighted by molar-refractivity contribution is 5.79. The number of nitrogens with one attached hydrogen (secondary N) is 1. The second-order valence-electron chi connectivity index (χ2n) is 3.87. The summed E-state index contributed by atoms with van der Waals surface area (Å²) in [6.45, 7) is 8.01. The van der Waals surface area contributed by atoms with Crippen LogP contribution in [0.3, 0.4) is 0 Å². The smallest absolute Gasteiger partial charge is 0.320 e. The molecule has 0 heterocycles. The number of nitrogens with zero attached hydrogens (tertiary/aromatic N) is 1. The maximum absolute atomic E-state index is 11.5. The molecule has 0 saturated carbocycles. The van der Waals surface area contributed by atoms with E-state index in [1.54, 1.807) is 6.92 Å². The molecular formula is C12H24N2O3. The average molecular weight is 244 g/mol. The molecule has 0 saturated heterocycles. The first-order chi connectivity index (χ1) is 8.13. The van der Waals surface area contributed by atoms with E-state index in [1.807, 2.05) is 18.7 Å². The van der Waals surface area contributed by atoms with Gasteiger partial charge in [-0.05, 0) is 26.3 Å². The molecule has 0 aliphatic carbocycles. The van der Waals surface area contributed by atoms with Crippen LogP contribution < -0.4 is 5.32 Å². The van der Waals surface area contributed by atoms with Gasteiger partial charge in [-0.1, -0.05) is 13.8 Å². The number of rotatable bonds is 9.